The lowest BCUT2D eigenvalue weighted by Crippen LogP contribution is -2.26. The summed E-state index contributed by atoms with van der Waals surface area (Å²) in [5.74, 6) is 0. The van der Waals surface area contributed by atoms with Gasteiger partial charge in [0.25, 0.3) is 0 Å². The highest BCUT2D eigenvalue weighted by atomic mass is 35.7. The van der Waals surface area contributed by atoms with E-state index in [0.717, 1.165) is 10.6 Å². The third-order valence-electron chi connectivity index (χ3n) is 3.08. The molecule has 0 saturated heterocycles. The topological polar surface area (TPSA) is 18.8 Å². The van der Waals surface area contributed by atoms with Gasteiger partial charge >= 0.3 is 0 Å². The quantitative estimate of drug-likeness (QED) is 0.394. The van der Waals surface area contributed by atoms with Gasteiger partial charge in [-0.3, -0.25) is 0 Å². The van der Waals surface area contributed by atoms with Crippen molar-refractivity contribution in [3.63, 3.8) is 0 Å². The van der Waals surface area contributed by atoms with Crippen LogP contribution in [0.4, 0.5) is 0 Å². The summed E-state index contributed by atoms with van der Waals surface area (Å²) in [6.07, 6.45) is 0. The normalized spacial score (nSPS) is 25.6. The number of hydrogen-bond donors (Lipinski definition) is 0. The van der Waals surface area contributed by atoms with Crippen LogP contribution in [0, 0.1) is 0 Å². The van der Waals surface area contributed by atoms with Crippen LogP contribution >= 0.6 is 68.4 Å². The van der Waals surface area contributed by atoms with Crippen molar-refractivity contribution in [2.24, 2.45) is 4.52 Å². The number of halogens is 4. The van der Waals surface area contributed by atoms with E-state index in [1.165, 1.54) is 3.96 Å². The maximum atomic E-state index is 6.63. The molecule has 0 amide bonds. The zero-order chi connectivity index (χ0) is 15.7. The van der Waals surface area contributed by atoms with Gasteiger partial charge in [0, 0.05) is 10.6 Å². The monoisotopic (exact) mass is 429 g/mol. The van der Waals surface area contributed by atoms with Crippen molar-refractivity contribution in [1.29, 1.82) is 0 Å². The third-order valence-corrected chi connectivity index (χ3v) is 15.9. The van der Waals surface area contributed by atoms with Gasteiger partial charge in [-0.1, -0.05) is 71.9 Å². The minimum absolute atomic E-state index is 1.00. The molecule has 0 aromatic heterocycles. The van der Waals surface area contributed by atoms with E-state index in [4.69, 9.17) is 50.6 Å². The highest BCUT2D eigenvalue weighted by Gasteiger charge is 2.45. The molecule has 1 aliphatic rings. The maximum Gasteiger partial charge on any atom is 0.209 e. The molecule has 0 spiro atoms. The van der Waals surface area contributed by atoms with Gasteiger partial charge in [-0.15, -0.1) is 7.92 Å². The molecule has 22 heavy (non-hydrogen) atoms. The molecule has 3 nitrogen and oxygen atoms in total. The molecule has 0 radical (unpaired) electrons. The van der Waals surface area contributed by atoms with Crippen molar-refractivity contribution in [2.45, 2.75) is 0 Å². The van der Waals surface area contributed by atoms with Gasteiger partial charge in [-0.05, 0) is 34.8 Å². The Morgan fingerprint density at radius 3 is 1.73 bits per heavy atom. The molecule has 3 rings (SSSR count). The molecular formula is C12H10Cl4N3P3. The van der Waals surface area contributed by atoms with E-state index in [2.05, 4.69) is 0 Å². The first-order chi connectivity index (χ1) is 10.6. The number of hydrogen-bond acceptors (Lipinski definition) is 3. The van der Waals surface area contributed by atoms with Crippen molar-refractivity contribution >= 4 is 79.0 Å². The van der Waals surface area contributed by atoms with E-state index in [1.54, 1.807) is 3.96 Å². The first-order valence-corrected chi connectivity index (χ1v) is 12.8. The molecule has 0 bridgehead atoms. The summed E-state index contributed by atoms with van der Waals surface area (Å²) < 4.78 is 7.72. The standard InChI is InChI=1S/C12H10Cl4N3P3/c13-18-20(15)17-22(19(14)21(18)16,11-7-3-1-4-8-11)12-9-5-2-6-10-12/h1-10H. The minimum atomic E-state index is -2.44. The zero-order valence-corrected chi connectivity index (χ0v) is 16.7. The van der Waals surface area contributed by atoms with Crippen molar-refractivity contribution in [1.82, 2.24) is 7.92 Å². The molecule has 116 valence electrons. The van der Waals surface area contributed by atoms with Crippen LogP contribution < -0.4 is 10.6 Å². The first-order valence-electron chi connectivity index (χ1n) is 6.14. The molecule has 2 aromatic rings. The third kappa shape index (κ3) is 2.98. The lowest BCUT2D eigenvalue weighted by atomic mass is 10.4. The largest absolute Gasteiger partial charge is 0.221 e. The Morgan fingerprint density at radius 1 is 0.818 bits per heavy atom. The Balaban J connectivity index is 2.32. The molecule has 0 N–H and O–H groups in total. The lowest BCUT2D eigenvalue weighted by molar-refractivity contribution is 1.05. The smallest absolute Gasteiger partial charge is 0.209 e. The van der Waals surface area contributed by atoms with Crippen LogP contribution in [0.1, 0.15) is 0 Å². The van der Waals surface area contributed by atoms with Crippen molar-refractivity contribution in [3.05, 3.63) is 60.7 Å². The van der Waals surface area contributed by atoms with Crippen molar-refractivity contribution in [3.8, 4) is 0 Å². The molecule has 0 saturated carbocycles. The van der Waals surface area contributed by atoms with Gasteiger partial charge in [0.2, 0.25) is 7.58 Å². The summed E-state index contributed by atoms with van der Waals surface area (Å²) in [7, 11) is -5.35. The summed E-state index contributed by atoms with van der Waals surface area (Å²) in [6.45, 7) is 0. The second-order valence-corrected chi connectivity index (χ2v) is 13.9. The number of benzene rings is 2. The zero-order valence-electron chi connectivity index (χ0n) is 11.0. The molecular weight excluding hydrogens is 421 g/mol. The van der Waals surface area contributed by atoms with Crippen LogP contribution in [-0.2, 0) is 0 Å². The second kappa shape index (κ2) is 7.24. The predicted octanol–water partition coefficient (Wildman–Crippen LogP) is 6.61. The Hall–Kier alpha value is 0.610. The van der Waals surface area contributed by atoms with Crippen LogP contribution in [0.3, 0.4) is 0 Å². The fourth-order valence-electron chi connectivity index (χ4n) is 2.12. The van der Waals surface area contributed by atoms with Gasteiger partial charge in [-0.25, -0.2) is 4.52 Å². The summed E-state index contributed by atoms with van der Waals surface area (Å²) in [5.41, 5.74) is 0. The van der Waals surface area contributed by atoms with E-state index in [1.807, 2.05) is 60.7 Å². The SMILES string of the molecule is ClN1P(Cl)N=P(c2ccccc2)(c2ccccc2)N(Cl)P1Cl. The van der Waals surface area contributed by atoms with E-state index in [0.29, 0.717) is 0 Å². The summed E-state index contributed by atoms with van der Waals surface area (Å²) >= 11 is 25.6. The molecule has 1 heterocycles. The number of rotatable bonds is 2. The van der Waals surface area contributed by atoms with Gasteiger partial charge in [-0.2, -0.15) is 0 Å². The van der Waals surface area contributed by atoms with Crippen LogP contribution in [0.25, 0.3) is 0 Å². The van der Waals surface area contributed by atoms with Gasteiger partial charge < -0.3 is 0 Å². The Kier molecular flexibility index (Phi) is 5.74. The highest BCUT2D eigenvalue weighted by molar-refractivity contribution is 8.05. The van der Waals surface area contributed by atoms with Crippen LogP contribution in [0.15, 0.2) is 65.2 Å². The average Bonchev–Trinajstić information content (AvgIpc) is 2.58. The molecule has 1 aliphatic heterocycles. The van der Waals surface area contributed by atoms with E-state index >= 15 is 0 Å². The predicted molar refractivity (Wildman–Crippen MR) is 102 cm³/mol. The summed E-state index contributed by atoms with van der Waals surface area (Å²) in [5, 5.41) is 2.00. The molecule has 10 heteroatoms. The van der Waals surface area contributed by atoms with E-state index in [9.17, 15) is 0 Å². The van der Waals surface area contributed by atoms with Crippen LogP contribution in [-0.4, -0.2) is 7.92 Å². The van der Waals surface area contributed by atoms with Crippen molar-refractivity contribution < 1.29 is 0 Å². The van der Waals surface area contributed by atoms with Gasteiger partial charge in [0.05, 0.1) is 0 Å². The van der Waals surface area contributed by atoms with E-state index in [-0.39, 0.29) is 0 Å². The fourth-order valence-corrected chi connectivity index (χ4v) is 14.7. The Labute approximate surface area is 151 Å². The summed E-state index contributed by atoms with van der Waals surface area (Å²) in [6, 6.07) is 19.8. The Bertz CT molecular complexity index is 660. The minimum Gasteiger partial charge on any atom is -0.221 e. The molecule has 2 atom stereocenters. The molecule has 0 aliphatic carbocycles. The van der Waals surface area contributed by atoms with Gasteiger partial charge in [0.1, 0.15) is 7.21 Å². The Morgan fingerprint density at radius 2 is 1.27 bits per heavy atom. The van der Waals surface area contributed by atoms with Crippen LogP contribution in [0.2, 0.25) is 0 Å². The average molecular weight is 431 g/mol. The van der Waals surface area contributed by atoms with Crippen molar-refractivity contribution in [2.75, 3.05) is 0 Å². The second-order valence-electron chi connectivity index (χ2n) is 4.32. The highest BCUT2D eigenvalue weighted by Crippen LogP contribution is 2.81. The summed E-state index contributed by atoms with van der Waals surface area (Å²) in [4.78, 5) is 0. The number of nitrogens with zero attached hydrogens (tertiary/aromatic N) is 3. The lowest BCUT2D eigenvalue weighted by Gasteiger charge is -2.41. The van der Waals surface area contributed by atoms with Gasteiger partial charge in [0.15, 0.2) is 7.58 Å². The molecule has 2 unspecified atom stereocenters. The van der Waals surface area contributed by atoms with E-state index < -0.39 is 22.4 Å². The maximum absolute atomic E-state index is 6.63. The van der Waals surface area contributed by atoms with Crippen LogP contribution in [0.5, 0.6) is 0 Å². The fraction of sp³-hybridized carbons (Fsp3) is 0. The molecule has 2 aromatic carbocycles. The first kappa shape index (κ1) is 17.4. The molecule has 0 fully saturated rings.